The molecule has 1 aliphatic rings. The van der Waals surface area contributed by atoms with E-state index in [1.165, 1.54) is 0 Å². The third kappa shape index (κ3) is 3.33. The van der Waals surface area contributed by atoms with E-state index in [1.807, 2.05) is 24.3 Å². The summed E-state index contributed by atoms with van der Waals surface area (Å²) in [6.45, 7) is 0.497. The summed E-state index contributed by atoms with van der Waals surface area (Å²) in [5.41, 5.74) is 7.00. The largest absolute Gasteiger partial charge is 0.330 e. The quantitative estimate of drug-likeness (QED) is 0.924. The third-order valence-electron chi connectivity index (χ3n) is 3.60. The Bertz CT molecular complexity index is 515. The number of nitrogens with two attached hydrogens (primary N) is 1. The molecule has 0 aliphatic carbocycles. The van der Waals surface area contributed by atoms with Gasteiger partial charge in [0.05, 0.1) is 11.5 Å². The van der Waals surface area contributed by atoms with E-state index in [4.69, 9.17) is 5.73 Å². The highest BCUT2D eigenvalue weighted by Crippen LogP contribution is 2.33. The number of sulfone groups is 1. The van der Waals surface area contributed by atoms with E-state index >= 15 is 0 Å². The van der Waals surface area contributed by atoms with Crippen molar-refractivity contribution in [1.29, 1.82) is 0 Å². The van der Waals surface area contributed by atoms with Crippen LogP contribution in [0, 0.1) is 5.92 Å². The molecule has 0 bridgehead atoms. The van der Waals surface area contributed by atoms with Crippen LogP contribution in [0.3, 0.4) is 0 Å². The maximum Gasteiger partial charge on any atom is 0.150 e. The Hall–Kier alpha value is -0.390. The highest BCUT2D eigenvalue weighted by Gasteiger charge is 2.30. The van der Waals surface area contributed by atoms with Crippen LogP contribution in [0.2, 0.25) is 0 Å². The molecule has 0 aromatic heterocycles. The molecule has 2 N–H and O–H groups in total. The molecule has 18 heavy (non-hydrogen) atoms. The average molecular weight is 332 g/mol. The SMILES string of the molecule is NCC(c1cccc(Br)c1)C1CCCS(=O)(=O)C1. The minimum absolute atomic E-state index is 0.137. The third-order valence-corrected chi connectivity index (χ3v) is 5.94. The fraction of sp³-hybridized carbons (Fsp3) is 0.538. The van der Waals surface area contributed by atoms with Crippen molar-refractivity contribution in [2.45, 2.75) is 18.8 Å². The van der Waals surface area contributed by atoms with Gasteiger partial charge in [0.2, 0.25) is 0 Å². The van der Waals surface area contributed by atoms with E-state index in [1.54, 1.807) is 0 Å². The van der Waals surface area contributed by atoms with Crippen LogP contribution in [0.4, 0.5) is 0 Å². The van der Waals surface area contributed by atoms with E-state index in [2.05, 4.69) is 15.9 Å². The predicted molar refractivity (Wildman–Crippen MR) is 77.3 cm³/mol. The summed E-state index contributed by atoms with van der Waals surface area (Å²) in [7, 11) is -2.87. The Morgan fingerprint density at radius 1 is 1.44 bits per heavy atom. The molecule has 1 aliphatic heterocycles. The molecule has 2 atom stereocenters. The minimum Gasteiger partial charge on any atom is -0.330 e. The maximum absolute atomic E-state index is 11.7. The lowest BCUT2D eigenvalue weighted by Gasteiger charge is -2.29. The van der Waals surface area contributed by atoms with Gasteiger partial charge in [0, 0.05) is 4.47 Å². The normalized spacial score (nSPS) is 24.7. The van der Waals surface area contributed by atoms with E-state index in [9.17, 15) is 8.42 Å². The van der Waals surface area contributed by atoms with Crippen LogP contribution in [0.1, 0.15) is 24.3 Å². The van der Waals surface area contributed by atoms with Crippen LogP contribution in [-0.2, 0) is 9.84 Å². The molecule has 1 heterocycles. The monoisotopic (exact) mass is 331 g/mol. The number of hydrogen-bond donors (Lipinski definition) is 1. The second-order valence-corrected chi connectivity index (χ2v) is 8.06. The predicted octanol–water partition coefficient (Wildman–Crippen LogP) is 2.32. The van der Waals surface area contributed by atoms with Gasteiger partial charge in [0.15, 0.2) is 9.84 Å². The van der Waals surface area contributed by atoms with Gasteiger partial charge in [-0.2, -0.15) is 0 Å². The van der Waals surface area contributed by atoms with Crippen molar-refractivity contribution in [1.82, 2.24) is 0 Å². The zero-order chi connectivity index (χ0) is 13.2. The summed E-state index contributed by atoms with van der Waals surface area (Å²) in [6.07, 6.45) is 1.71. The molecule has 0 spiro atoms. The van der Waals surface area contributed by atoms with Gasteiger partial charge in [-0.1, -0.05) is 28.1 Å². The number of halogens is 1. The molecule has 2 rings (SSSR count). The van der Waals surface area contributed by atoms with Gasteiger partial charge in [-0.3, -0.25) is 0 Å². The highest BCUT2D eigenvalue weighted by molar-refractivity contribution is 9.10. The lowest BCUT2D eigenvalue weighted by atomic mass is 9.84. The maximum atomic E-state index is 11.7. The van der Waals surface area contributed by atoms with Crippen LogP contribution in [0.5, 0.6) is 0 Å². The van der Waals surface area contributed by atoms with Crippen LogP contribution < -0.4 is 5.73 Å². The molecule has 1 aromatic carbocycles. The molecule has 100 valence electrons. The van der Waals surface area contributed by atoms with Gasteiger partial charge in [-0.05, 0) is 48.9 Å². The highest BCUT2D eigenvalue weighted by atomic mass is 79.9. The lowest BCUT2D eigenvalue weighted by Crippen LogP contribution is -2.32. The number of rotatable bonds is 3. The molecule has 1 aromatic rings. The molecule has 3 nitrogen and oxygen atoms in total. The number of hydrogen-bond acceptors (Lipinski definition) is 3. The average Bonchev–Trinajstić information content (AvgIpc) is 2.29. The molecule has 2 unspecified atom stereocenters. The summed E-state index contributed by atoms with van der Waals surface area (Å²) in [5.74, 6) is 0.904. The Labute approximate surface area is 117 Å². The summed E-state index contributed by atoms with van der Waals surface area (Å²) in [6, 6.07) is 8.01. The van der Waals surface area contributed by atoms with Crippen LogP contribution in [0.15, 0.2) is 28.7 Å². The lowest BCUT2D eigenvalue weighted by molar-refractivity contribution is 0.413. The molecular weight excluding hydrogens is 314 g/mol. The molecule has 0 amide bonds. The Morgan fingerprint density at radius 2 is 2.22 bits per heavy atom. The zero-order valence-electron chi connectivity index (χ0n) is 10.2. The van der Waals surface area contributed by atoms with Gasteiger partial charge >= 0.3 is 0 Å². The van der Waals surface area contributed by atoms with Gasteiger partial charge < -0.3 is 5.73 Å². The van der Waals surface area contributed by atoms with Gasteiger partial charge in [0.25, 0.3) is 0 Å². The van der Waals surface area contributed by atoms with E-state index in [0.717, 1.165) is 22.9 Å². The van der Waals surface area contributed by atoms with Crippen molar-refractivity contribution in [3.8, 4) is 0 Å². The number of benzene rings is 1. The van der Waals surface area contributed by atoms with Gasteiger partial charge in [-0.15, -0.1) is 0 Å². The standard InChI is InChI=1S/C13H18BrNO2S/c14-12-5-1-3-10(7-12)13(8-15)11-4-2-6-18(16,17)9-11/h1,3,5,7,11,13H,2,4,6,8-9,15H2. The first-order chi connectivity index (χ1) is 8.52. The molecule has 0 saturated carbocycles. The van der Waals surface area contributed by atoms with Gasteiger partial charge in [-0.25, -0.2) is 8.42 Å². The van der Waals surface area contributed by atoms with Crippen molar-refractivity contribution in [3.63, 3.8) is 0 Å². The summed E-state index contributed by atoms with van der Waals surface area (Å²) < 4.78 is 24.5. The van der Waals surface area contributed by atoms with Crippen LogP contribution >= 0.6 is 15.9 Å². The van der Waals surface area contributed by atoms with Crippen LogP contribution in [0.25, 0.3) is 0 Å². The van der Waals surface area contributed by atoms with Crippen molar-refractivity contribution < 1.29 is 8.42 Å². The smallest absolute Gasteiger partial charge is 0.150 e. The minimum atomic E-state index is -2.87. The molecular formula is C13H18BrNO2S. The zero-order valence-corrected chi connectivity index (χ0v) is 12.6. The summed E-state index contributed by atoms with van der Waals surface area (Å²) in [4.78, 5) is 0. The summed E-state index contributed by atoms with van der Waals surface area (Å²) in [5, 5.41) is 0. The fourth-order valence-electron chi connectivity index (χ4n) is 2.71. The first-order valence-corrected chi connectivity index (χ1v) is 8.79. The first kappa shape index (κ1) is 14.0. The first-order valence-electron chi connectivity index (χ1n) is 6.18. The van der Waals surface area contributed by atoms with Gasteiger partial charge in [0.1, 0.15) is 0 Å². The molecule has 1 saturated heterocycles. The Balaban J connectivity index is 2.23. The Morgan fingerprint density at radius 3 is 2.83 bits per heavy atom. The summed E-state index contributed by atoms with van der Waals surface area (Å²) >= 11 is 3.45. The van der Waals surface area contributed by atoms with E-state index in [-0.39, 0.29) is 17.6 Å². The van der Waals surface area contributed by atoms with E-state index in [0.29, 0.717) is 12.3 Å². The van der Waals surface area contributed by atoms with Crippen molar-refractivity contribution in [2.24, 2.45) is 11.7 Å². The molecule has 1 fully saturated rings. The Kier molecular flexibility index (Phi) is 4.45. The van der Waals surface area contributed by atoms with Crippen molar-refractivity contribution in [3.05, 3.63) is 34.3 Å². The van der Waals surface area contributed by atoms with Crippen LogP contribution in [-0.4, -0.2) is 26.5 Å². The second-order valence-electron chi connectivity index (χ2n) is 4.91. The topological polar surface area (TPSA) is 60.2 Å². The second kappa shape index (κ2) is 5.72. The van der Waals surface area contributed by atoms with Crippen molar-refractivity contribution in [2.75, 3.05) is 18.1 Å². The van der Waals surface area contributed by atoms with Crippen molar-refractivity contribution >= 4 is 25.8 Å². The fourth-order valence-corrected chi connectivity index (χ4v) is 4.95. The van der Waals surface area contributed by atoms with E-state index < -0.39 is 9.84 Å². The molecule has 0 radical (unpaired) electrons. The molecule has 5 heteroatoms.